The maximum absolute atomic E-state index is 10.5. The van der Waals surface area contributed by atoms with Crippen LogP contribution in [0.1, 0.15) is 34.8 Å². The number of carbonyl (C=O) groups excluding carboxylic acids is 1. The fourth-order valence-electron chi connectivity index (χ4n) is 1.64. The van der Waals surface area contributed by atoms with E-state index < -0.39 is 0 Å². The first-order valence-corrected chi connectivity index (χ1v) is 5.24. The van der Waals surface area contributed by atoms with E-state index in [1.54, 1.807) is 0 Å². The van der Waals surface area contributed by atoms with Crippen LogP contribution in [0.5, 0.6) is 0 Å². The first-order valence-electron chi connectivity index (χ1n) is 5.24. The highest BCUT2D eigenvalue weighted by Gasteiger charge is 2.12. The van der Waals surface area contributed by atoms with E-state index in [4.69, 9.17) is 4.42 Å². The summed E-state index contributed by atoms with van der Waals surface area (Å²) in [4.78, 5) is 14.6. The van der Waals surface area contributed by atoms with Crippen LogP contribution in [0.2, 0.25) is 0 Å². The summed E-state index contributed by atoms with van der Waals surface area (Å²) in [6.45, 7) is 2.04. The molecular formula is C13H13NO2. The highest BCUT2D eigenvalue weighted by atomic mass is 16.3. The van der Waals surface area contributed by atoms with Crippen LogP contribution in [0.15, 0.2) is 41.0 Å². The molecule has 0 N–H and O–H groups in total. The monoisotopic (exact) mass is 215 g/mol. The van der Waals surface area contributed by atoms with E-state index in [1.165, 1.54) is 11.8 Å². The van der Waals surface area contributed by atoms with Gasteiger partial charge < -0.3 is 4.42 Å². The van der Waals surface area contributed by atoms with E-state index in [9.17, 15) is 4.79 Å². The van der Waals surface area contributed by atoms with E-state index in [-0.39, 0.29) is 5.92 Å². The standard InChI is InChI=1S/C13H13NO2/c1-10(7-11-5-3-2-4-6-11)13-14-12(8-15)9-16-13/h2-6,8-10H,7H2,1H3/t10-/m0/s1. The number of nitrogens with zero attached hydrogens (tertiary/aromatic N) is 1. The van der Waals surface area contributed by atoms with E-state index in [0.717, 1.165) is 6.42 Å². The van der Waals surface area contributed by atoms with Crippen LogP contribution < -0.4 is 0 Å². The summed E-state index contributed by atoms with van der Waals surface area (Å²) >= 11 is 0. The molecule has 0 saturated carbocycles. The second-order valence-electron chi connectivity index (χ2n) is 3.82. The van der Waals surface area contributed by atoms with Gasteiger partial charge in [-0.15, -0.1) is 0 Å². The molecular weight excluding hydrogens is 202 g/mol. The van der Waals surface area contributed by atoms with Crippen LogP contribution in [0.4, 0.5) is 0 Å². The minimum Gasteiger partial charge on any atom is -0.448 e. The summed E-state index contributed by atoms with van der Waals surface area (Å²) in [5, 5.41) is 0. The van der Waals surface area contributed by atoms with Crippen molar-refractivity contribution in [2.45, 2.75) is 19.3 Å². The maximum Gasteiger partial charge on any atom is 0.197 e. The molecule has 0 unspecified atom stereocenters. The predicted octanol–water partition coefficient (Wildman–Crippen LogP) is 2.83. The average Bonchev–Trinajstić information content (AvgIpc) is 2.79. The van der Waals surface area contributed by atoms with Gasteiger partial charge in [-0.05, 0) is 12.0 Å². The third-order valence-corrected chi connectivity index (χ3v) is 2.47. The van der Waals surface area contributed by atoms with Crippen LogP contribution in [0.3, 0.4) is 0 Å². The summed E-state index contributed by atoms with van der Waals surface area (Å²) in [6, 6.07) is 10.1. The van der Waals surface area contributed by atoms with Crippen LogP contribution in [-0.2, 0) is 6.42 Å². The molecule has 0 aliphatic heterocycles. The summed E-state index contributed by atoms with van der Waals surface area (Å²) in [7, 11) is 0. The van der Waals surface area contributed by atoms with Crippen molar-refractivity contribution in [2.24, 2.45) is 0 Å². The lowest BCUT2D eigenvalue weighted by Crippen LogP contribution is -1.99. The van der Waals surface area contributed by atoms with E-state index in [1.807, 2.05) is 25.1 Å². The van der Waals surface area contributed by atoms with Crippen molar-refractivity contribution in [1.29, 1.82) is 0 Å². The fourth-order valence-corrected chi connectivity index (χ4v) is 1.64. The van der Waals surface area contributed by atoms with E-state index >= 15 is 0 Å². The van der Waals surface area contributed by atoms with Gasteiger partial charge >= 0.3 is 0 Å². The minimum absolute atomic E-state index is 0.177. The van der Waals surface area contributed by atoms with Gasteiger partial charge in [0.15, 0.2) is 12.2 Å². The Bertz CT molecular complexity index is 462. The quantitative estimate of drug-likeness (QED) is 0.736. The number of hydrogen-bond acceptors (Lipinski definition) is 3. The van der Waals surface area contributed by atoms with E-state index in [2.05, 4.69) is 17.1 Å². The topological polar surface area (TPSA) is 43.1 Å². The lowest BCUT2D eigenvalue weighted by atomic mass is 10.0. The second-order valence-corrected chi connectivity index (χ2v) is 3.82. The Morgan fingerprint density at radius 1 is 1.38 bits per heavy atom. The zero-order valence-electron chi connectivity index (χ0n) is 9.09. The molecule has 0 bridgehead atoms. The number of carbonyl (C=O) groups is 1. The van der Waals surface area contributed by atoms with Crippen molar-refractivity contribution in [3.05, 3.63) is 53.7 Å². The lowest BCUT2D eigenvalue weighted by molar-refractivity contribution is 0.111. The Hall–Kier alpha value is -1.90. The molecule has 1 aromatic heterocycles. The van der Waals surface area contributed by atoms with Gasteiger partial charge in [-0.25, -0.2) is 4.98 Å². The molecule has 0 spiro atoms. The van der Waals surface area contributed by atoms with Gasteiger partial charge in [0.05, 0.1) is 0 Å². The molecule has 1 atom stereocenters. The Morgan fingerprint density at radius 3 is 2.75 bits per heavy atom. The van der Waals surface area contributed by atoms with Crippen molar-refractivity contribution < 1.29 is 9.21 Å². The highest BCUT2D eigenvalue weighted by molar-refractivity contribution is 5.70. The first kappa shape index (κ1) is 10.6. The number of aromatic nitrogens is 1. The molecule has 0 aliphatic carbocycles. The first-order chi connectivity index (χ1) is 7.79. The van der Waals surface area contributed by atoms with Gasteiger partial charge in [-0.2, -0.15) is 0 Å². The number of oxazole rings is 1. The summed E-state index contributed by atoms with van der Waals surface area (Å²) in [5.74, 6) is 0.794. The molecule has 0 fully saturated rings. The van der Waals surface area contributed by atoms with E-state index in [0.29, 0.717) is 17.9 Å². The van der Waals surface area contributed by atoms with Crippen LogP contribution in [0.25, 0.3) is 0 Å². The normalized spacial score (nSPS) is 12.3. The minimum atomic E-state index is 0.177. The van der Waals surface area contributed by atoms with Crippen LogP contribution in [0, 0.1) is 0 Å². The Kier molecular flexibility index (Phi) is 3.15. The third kappa shape index (κ3) is 2.37. The molecule has 3 heteroatoms. The van der Waals surface area contributed by atoms with Gasteiger partial charge in [-0.1, -0.05) is 37.3 Å². The number of hydrogen-bond donors (Lipinski definition) is 0. The molecule has 1 aromatic carbocycles. The summed E-state index contributed by atoms with van der Waals surface area (Å²) in [5.41, 5.74) is 1.59. The highest BCUT2D eigenvalue weighted by Crippen LogP contribution is 2.19. The number of aldehydes is 1. The third-order valence-electron chi connectivity index (χ3n) is 2.47. The van der Waals surface area contributed by atoms with Gasteiger partial charge in [0, 0.05) is 5.92 Å². The Balaban J connectivity index is 2.08. The number of rotatable bonds is 4. The second kappa shape index (κ2) is 4.75. The fraction of sp³-hybridized carbons (Fsp3) is 0.231. The molecule has 2 aromatic rings. The van der Waals surface area contributed by atoms with Crippen molar-refractivity contribution >= 4 is 6.29 Å². The predicted molar refractivity (Wildman–Crippen MR) is 60.5 cm³/mol. The molecule has 3 nitrogen and oxygen atoms in total. The molecule has 1 heterocycles. The zero-order chi connectivity index (χ0) is 11.4. The van der Waals surface area contributed by atoms with Gasteiger partial charge in [0.2, 0.25) is 0 Å². The van der Waals surface area contributed by atoms with Crippen molar-refractivity contribution in [1.82, 2.24) is 4.98 Å². The van der Waals surface area contributed by atoms with Crippen molar-refractivity contribution in [2.75, 3.05) is 0 Å². The molecule has 16 heavy (non-hydrogen) atoms. The molecule has 2 rings (SSSR count). The smallest absolute Gasteiger partial charge is 0.197 e. The number of benzene rings is 1. The molecule has 0 amide bonds. The molecule has 0 aliphatic rings. The Morgan fingerprint density at radius 2 is 2.12 bits per heavy atom. The zero-order valence-corrected chi connectivity index (χ0v) is 9.09. The SMILES string of the molecule is C[C@@H](Cc1ccccc1)c1nc(C=O)co1. The largest absolute Gasteiger partial charge is 0.448 e. The summed E-state index contributed by atoms with van der Waals surface area (Å²) in [6.07, 6.45) is 2.95. The maximum atomic E-state index is 10.5. The van der Waals surface area contributed by atoms with Crippen molar-refractivity contribution in [3.8, 4) is 0 Å². The summed E-state index contributed by atoms with van der Waals surface area (Å²) < 4.78 is 5.25. The van der Waals surface area contributed by atoms with Crippen LogP contribution in [-0.4, -0.2) is 11.3 Å². The average molecular weight is 215 g/mol. The van der Waals surface area contributed by atoms with Gasteiger partial charge in [0.25, 0.3) is 0 Å². The van der Waals surface area contributed by atoms with Gasteiger partial charge in [-0.3, -0.25) is 4.79 Å². The van der Waals surface area contributed by atoms with Crippen LogP contribution >= 0.6 is 0 Å². The molecule has 82 valence electrons. The van der Waals surface area contributed by atoms with Crippen molar-refractivity contribution in [3.63, 3.8) is 0 Å². The molecule has 0 saturated heterocycles. The lowest BCUT2D eigenvalue weighted by Gasteiger charge is -2.06. The Labute approximate surface area is 94.1 Å². The van der Waals surface area contributed by atoms with Gasteiger partial charge in [0.1, 0.15) is 12.0 Å². The molecule has 0 radical (unpaired) electrons.